The van der Waals surface area contributed by atoms with Crippen LogP contribution in [0.3, 0.4) is 0 Å². The Morgan fingerprint density at radius 1 is 0.449 bits per heavy atom. The predicted molar refractivity (Wildman–Crippen MR) is 205 cm³/mol. The fraction of sp³-hybridized carbons (Fsp3) is 0.333. The van der Waals surface area contributed by atoms with E-state index in [1.165, 1.54) is 0 Å². The Morgan fingerprint density at radius 3 is 1.33 bits per heavy atom. The average Bonchev–Trinajstić information content (AvgIpc) is 3.67. The van der Waals surface area contributed by atoms with Gasteiger partial charge in [0.25, 0.3) is 0 Å². The molecule has 0 bridgehead atoms. The number of hydrogen-bond donors (Lipinski definition) is 0. The molecule has 0 amide bonds. The lowest BCUT2D eigenvalue weighted by Gasteiger charge is -2.32. The molecule has 0 N–H and O–H groups in total. The molecule has 8 rings (SSSR count). The molecule has 2 aliphatic heterocycles. The highest BCUT2D eigenvalue weighted by Crippen LogP contribution is 2.47. The first kappa shape index (κ1) is 33.6. The largest absolute Gasteiger partial charge is 0.494 e. The van der Waals surface area contributed by atoms with Gasteiger partial charge in [-0.3, -0.25) is 0 Å². The van der Waals surface area contributed by atoms with Crippen LogP contribution in [0.4, 0.5) is 0 Å². The number of furan rings is 1. The Balaban J connectivity index is 0.00000186. The lowest BCUT2D eigenvalue weighted by molar-refractivity contribution is 0.00578. The van der Waals surface area contributed by atoms with Crippen LogP contribution in [0.1, 0.15) is 69.2 Å². The summed E-state index contributed by atoms with van der Waals surface area (Å²) in [5.74, 6) is 0.836. The van der Waals surface area contributed by atoms with Crippen LogP contribution in [0.25, 0.3) is 55.0 Å². The van der Waals surface area contributed by atoms with Crippen LogP contribution in [0, 0.1) is 0 Å². The highest BCUT2D eigenvalue weighted by Gasteiger charge is 2.53. The van der Waals surface area contributed by atoms with E-state index < -0.39 is 36.6 Å². The van der Waals surface area contributed by atoms with E-state index in [1.807, 2.05) is 19.9 Å². The molecule has 250 valence electrons. The fourth-order valence-corrected chi connectivity index (χ4v) is 6.79. The zero-order chi connectivity index (χ0) is 34.9. The van der Waals surface area contributed by atoms with Crippen LogP contribution in [-0.2, 0) is 18.6 Å². The highest BCUT2D eigenvalue weighted by molar-refractivity contribution is 6.63. The summed E-state index contributed by atoms with van der Waals surface area (Å²) in [5.41, 5.74) is 4.17. The molecule has 7 heteroatoms. The normalized spacial score (nSPS) is 19.1. The summed E-state index contributed by atoms with van der Waals surface area (Å²) in [4.78, 5) is 0. The monoisotopic (exact) mass is 652 g/mol. The van der Waals surface area contributed by atoms with Crippen molar-refractivity contribution in [2.24, 2.45) is 0 Å². The van der Waals surface area contributed by atoms with Crippen molar-refractivity contribution in [3.8, 4) is 22.5 Å². The van der Waals surface area contributed by atoms with Crippen molar-refractivity contribution < 1.29 is 23.0 Å². The van der Waals surface area contributed by atoms with E-state index in [-0.39, 0.29) is 0 Å². The van der Waals surface area contributed by atoms with E-state index >= 15 is 0 Å². The molecule has 0 aliphatic carbocycles. The molecule has 3 heterocycles. The zero-order valence-corrected chi connectivity index (χ0v) is 30.4. The Bertz CT molecular complexity index is 2130. The van der Waals surface area contributed by atoms with Crippen LogP contribution >= 0.6 is 0 Å². The van der Waals surface area contributed by atoms with Gasteiger partial charge in [-0.25, -0.2) is 0 Å². The Morgan fingerprint density at radius 2 is 0.857 bits per heavy atom. The minimum absolute atomic E-state index is 0.444. The van der Waals surface area contributed by atoms with Gasteiger partial charge in [0.15, 0.2) is 0 Å². The van der Waals surface area contributed by atoms with Gasteiger partial charge in [0.1, 0.15) is 11.3 Å². The van der Waals surface area contributed by atoms with Gasteiger partial charge in [-0.15, -0.1) is 0 Å². The first-order valence-corrected chi connectivity index (χ1v) is 17.5. The van der Waals surface area contributed by atoms with Gasteiger partial charge in [-0.05, 0) is 88.0 Å². The number of hydrogen-bond acceptors (Lipinski definition) is 5. The third-order valence-corrected chi connectivity index (χ3v) is 10.9. The van der Waals surface area contributed by atoms with Gasteiger partial charge in [-0.2, -0.15) is 0 Å². The van der Waals surface area contributed by atoms with E-state index in [1.54, 1.807) is 0 Å². The standard InChI is InChI=1S/C40H40B2O5.C2H6/c1-37(2)38(3,4)45-41(44-37)27-19-21-29-30-22-20-28(42-46-39(5,6)40(7,8)47-42)24-32(30)36-34(31(29)23-27)33(25-15-11-9-12-16-25)35(43-36)26-17-13-10-14-18-26;1-2/h9-24H,1-8H3;1-2H3. The van der Waals surface area contributed by atoms with Crippen LogP contribution in [-0.4, -0.2) is 36.6 Å². The molecular weight excluding hydrogens is 606 g/mol. The lowest BCUT2D eigenvalue weighted by atomic mass is 9.76. The molecule has 6 aromatic rings. The summed E-state index contributed by atoms with van der Waals surface area (Å²) in [6.45, 7) is 20.7. The zero-order valence-electron chi connectivity index (χ0n) is 30.4. The topological polar surface area (TPSA) is 50.1 Å². The van der Waals surface area contributed by atoms with Crippen molar-refractivity contribution in [3.05, 3.63) is 97.1 Å². The van der Waals surface area contributed by atoms with Crippen LogP contribution < -0.4 is 10.9 Å². The molecule has 1 aromatic heterocycles. The van der Waals surface area contributed by atoms with Crippen molar-refractivity contribution in [2.45, 2.75) is 91.6 Å². The summed E-state index contributed by atoms with van der Waals surface area (Å²) >= 11 is 0. The van der Waals surface area contributed by atoms with Gasteiger partial charge < -0.3 is 23.0 Å². The SMILES string of the molecule is CC.CC1(C)OB(c2ccc3c4ccc(B5OC(C)(C)C(C)(C)O5)cc4c4c(-c5ccccc5)c(-c5ccccc5)oc4c3c2)OC1(C)C. The van der Waals surface area contributed by atoms with Crippen LogP contribution in [0.15, 0.2) is 101 Å². The number of benzene rings is 5. The second kappa shape index (κ2) is 11.9. The molecule has 2 saturated heterocycles. The van der Waals surface area contributed by atoms with Crippen LogP contribution in [0.5, 0.6) is 0 Å². The molecule has 0 spiro atoms. The Kier molecular flexibility index (Phi) is 8.15. The van der Waals surface area contributed by atoms with Crippen molar-refractivity contribution in [1.82, 2.24) is 0 Å². The van der Waals surface area contributed by atoms with Gasteiger partial charge in [0.05, 0.1) is 22.4 Å². The average molecular weight is 652 g/mol. The van der Waals surface area contributed by atoms with Crippen molar-refractivity contribution in [2.75, 3.05) is 0 Å². The van der Waals surface area contributed by atoms with E-state index in [4.69, 9.17) is 23.0 Å². The van der Waals surface area contributed by atoms with Gasteiger partial charge >= 0.3 is 14.2 Å². The molecule has 2 aliphatic rings. The minimum Gasteiger partial charge on any atom is -0.455 e. The molecule has 0 unspecified atom stereocenters. The lowest BCUT2D eigenvalue weighted by Crippen LogP contribution is -2.41. The first-order valence-electron chi connectivity index (χ1n) is 17.5. The van der Waals surface area contributed by atoms with Crippen molar-refractivity contribution in [3.63, 3.8) is 0 Å². The molecule has 0 radical (unpaired) electrons. The molecule has 5 aromatic carbocycles. The quantitative estimate of drug-likeness (QED) is 0.140. The predicted octanol–water partition coefficient (Wildman–Crippen LogP) is 9.70. The van der Waals surface area contributed by atoms with E-state index in [0.717, 1.165) is 65.9 Å². The molecule has 2 fully saturated rings. The van der Waals surface area contributed by atoms with Crippen molar-refractivity contribution in [1.29, 1.82) is 0 Å². The van der Waals surface area contributed by atoms with E-state index in [9.17, 15) is 0 Å². The van der Waals surface area contributed by atoms with Crippen molar-refractivity contribution >= 4 is 57.7 Å². The molecule has 5 nitrogen and oxygen atoms in total. The van der Waals surface area contributed by atoms with Gasteiger partial charge in [-0.1, -0.05) is 111 Å². The molecule has 0 saturated carbocycles. The molecular formula is C42H46B2O5. The summed E-state index contributed by atoms with van der Waals surface area (Å²) in [6, 6.07) is 34.0. The van der Waals surface area contributed by atoms with E-state index in [2.05, 4.69) is 146 Å². The minimum atomic E-state index is -0.488. The molecule has 0 atom stereocenters. The first-order chi connectivity index (χ1) is 23.3. The number of fused-ring (bicyclic) bond motifs is 6. The summed E-state index contributed by atoms with van der Waals surface area (Å²) in [6.07, 6.45) is 0. The van der Waals surface area contributed by atoms with Gasteiger partial charge in [0, 0.05) is 21.9 Å². The highest BCUT2D eigenvalue weighted by atomic mass is 16.7. The Hall–Kier alpha value is -3.87. The van der Waals surface area contributed by atoms with Crippen LogP contribution in [0.2, 0.25) is 0 Å². The summed E-state index contributed by atoms with van der Waals surface area (Å²) in [7, 11) is -0.973. The Labute approximate surface area is 291 Å². The van der Waals surface area contributed by atoms with Gasteiger partial charge in [0.2, 0.25) is 0 Å². The van der Waals surface area contributed by atoms with E-state index in [0.29, 0.717) is 0 Å². The third kappa shape index (κ3) is 5.43. The fourth-order valence-electron chi connectivity index (χ4n) is 6.79. The maximum Gasteiger partial charge on any atom is 0.494 e. The summed E-state index contributed by atoms with van der Waals surface area (Å²) < 4.78 is 33.1. The number of rotatable bonds is 4. The molecule has 49 heavy (non-hydrogen) atoms. The maximum absolute atomic E-state index is 7.05. The second-order valence-electron chi connectivity index (χ2n) is 15.0. The summed E-state index contributed by atoms with van der Waals surface area (Å²) in [5, 5.41) is 5.39. The maximum atomic E-state index is 7.05. The third-order valence-electron chi connectivity index (χ3n) is 10.9. The second-order valence-corrected chi connectivity index (χ2v) is 15.0. The smallest absolute Gasteiger partial charge is 0.455 e.